The second kappa shape index (κ2) is 7.56. The Kier molecular flexibility index (Phi) is 5.09. The molecule has 4 rings (SSSR count). The molecule has 0 amide bonds. The Morgan fingerprint density at radius 2 is 1.97 bits per heavy atom. The van der Waals surface area contributed by atoms with Crippen molar-refractivity contribution in [2.45, 2.75) is 44.2 Å². The molecule has 3 heterocycles. The molecule has 0 saturated carbocycles. The molecule has 154 valence electrons. The van der Waals surface area contributed by atoms with Crippen LogP contribution in [0.4, 0.5) is 4.39 Å². The van der Waals surface area contributed by atoms with Gasteiger partial charge in [-0.05, 0) is 51.0 Å². The van der Waals surface area contributed by atoms with Crippen molar-refractivity contribution in [2.75, 3.05) is 6.54 Å². The molecule has 1 saturated heterocycles. The average Bonchev–Trinajstić information content (AvgIpc) is 3.41. The second-order valence-corrected chi connectivity index (χ2v) is 8.54. The largest absolute Gasteiger partial charge is 0.484 e. The van der Waals surface area contributed by atoms with Gasteiger partial charge in [-0.15, -0.1) is 0 Å². The molecular formula is C18H19FN4O5S. The molecule has 1 fully saturated rings. The van der Waals surface area contributed by atoms with E-state index >= 15 is 0 Å². The molecule has 2 aromatic heterocycles. The van der Waals surface area contributed by atoms with E-state index in [2.05, 4.69) is 15.3 Å². The van der Waals surface area contributed by atoms with E-state index in [1.54, 1.807) is 13.8 Å². The van der Waals surface area contributed by atoms with Gasteiger partial charge in [0, 0.05) is 6.54 Å². The fraction of sp³-hybridized carbons (Fsp3) is 0.389. The number of nitrogens with zero attached hydrogens (tertiary/aromatic N) is 4. The lowest BCUT2D eigenvalue weighted by Crippen LogP contribution is -2.31. The topological polar surface area (TPSA) is 112 Å². The van der Waals surface area contributed by atoms with Gasteiger partial charge in [-0.25, -0.2) is 12.8 Å². The predicted molar refractivity (Wildman–Crippen MR) is 96.9 cm³/mol. The van der Waals surface area contributed by atoms with Gasteiger partial charge in [0.1, 0.15) is 22.2 Å². The minimum absolute atomic E-state index is 0.0119. The summed E-state index contributed by atoms with van der Waals surface area (Å²) in [4.78, 5) is 4.37. The predicted octanol–water partition coefficient (Wildman–Crippen LogP) is 2.92. The highest BCUT2D eigenvalue weighted by Gasteiger charge is 2.41. The summed E-state index contributed by atoms with van der Waals surface area (Å²) < 4.78 is 56.3. The van der Waals surface area contributed by atoms with Gasteiger partial charge < -0.3 is 13.8 Å². The number of halogens is 1. The third kappa shape index (κ3) is 3.75. The number of hydrogen-bond donors (Lipinski definition) is 0. The molecule has 0 spiro atoms. The molecular weight excluding hydrogens is 403 g/mol. The Morgan fingerprint density at radius 3 is 2.66 bits per heavy atom. The van der Waals surface area contributed by atoms with Gasteiger partial charge in [-0.1, -0.05) is 10.3 Å². The Morgan fingerprint density at radius 1 is 1.21 bits per heavy atom. The molecule has 9 nitrogen and oxygen atoms in total. The normalized spacial score (nSPS) is 17.7. The number of aryl methyl sites for hydroxylation is 2. The molecule has 1 aliphatic rings. The van der Waals surface area contributed by atoms with E-state index in [4.69, 9.17) is 13.8 Å². The average molecular weight is 422 g/mol. The van der Waals surface area contributed by atoms with Crippen LogP contribution in [0.1, 0.15) is 42.1 Å². The van der Waals surface area contributed by atoms with Gasteiger partial charge in [0.25, 0.3) is 5.89 Å². The van der Waals surface area contributed by atoms with Crippen LogP contribution in [0.2, 0.25) is 0 Å². The quantitative estimate of drug-likeness (QED) is 0.596. The molecule has 1 atom stereocenters. The van der Waals surface area contributed by atoms with Crippen molar-refractivity contribution in [3.05, 3.63) is 53.3 Å². The summed E-state index contributed by atoms with van der Waals surface area (Å²) in [6.45, 7) is 3.49. The van der Waals surface area contributed by atoms with Crippen LogP contribution in [0.3, 0.4) is 0 Å². The highest BCUT2D eigenvalue weighted by Crippen LogP contribution is 2.36. The first kappa shape index (κ1) is 19.5. The zero-order chi connectivity index (χ0) is 20.6. The standard InChI is InChI=1S/C18H19FN4O5S/c1-11-17(12(2)27-21-11)29(24,25)23-9-3-4-15(23)18-20-16(28-22-18)10-26-14-7-5-13(19)6-8-14/h5-8,15H,3-4,9-10H2,1-2H3. The third-order valence-electron chi connectivity index (χ3n) is 4.70. The summed E-state index contributed by atoms with van der Waals surface area (Å²) >= 11 is 0. The van der Waals surface area contributed by atoms with Gasteiger partial charge >= 0.3 is 0 Å². The van der Waals surface area contributed by atoms with E-state index in [1.165, 1.54) is 28.6 Å². The molecule has 0 bridgehead atoms. The molecule has 11 heteroatoms. The van der Waals surface area contributed by atoms with Crippen LogP contribution in [0.25, 0.3) is 0 Å². The van der Waals surface area contributed by atoms with Crippen LogP contribution >= 0.6 is 0 Å². The maximum atomic E-state index is 13.2. The Labute approximate surface area is 166 Å². The molecule has 1 unspecified atom stereocenters. The van der Waals surface area contributed by atoms with Crippen molar-refractivity contribution in [3.8, 4) is 5.75 Å². The van der Waals surface area contributed by atoms with Gasteiger partial charge in [0.05, 0.1) is 6.04 Å². The first-order valence-electron chi connectivity index (χ1n) is 9.02. The first-order chi connectivity index (χ1) is 13.9. The van der Waals surface area contributed by atoms with Crippen molar-refractivity contribution in [1.82, 2.24) is 19.6 Å². The molecule has 0 aliphatic carbocycles. The van der Waals surface area contributed by atoms with Crippen LogP contribution in [-0.4, -0.2) is 34.6 Å². The monoisotopic (exact) mass is 422 g/mol. The molecule has 3 aromatic rings. The van der Waals surface area contributed by atoms with Crippen molar-refractivity contribution < 1.29 is 26.6 Å². The molecule has 0 N–H and O–H groups in total. The Balaban J connectivity index is 1.52. The number of benzene rings is 1. The van der Waals surface area contributed by atoms with Crippen molar-refractivity contribution in [1.29, 1.82) is 0 Å². The van der Waals surface area contributed by atoms with E-state index < -0.39 is 16.1 Å². The summed E-state index contributed by atoms with van der Waals surface area (Å²) in [5.41, 5.74) is 0.314. The fourth-order valence-electron chi connectivity index (χ4n) is 3.38. The SMILES string of the molecule is Cc1noc(C)c1S(=O)(=O)N1CCCC1c1noc(COc2ccc(F)cc2)n1. The van der Waals surface area contributed by atoms with E-state index in [0.717, 1.165) is 0 Å². The first-order valence-corrected chi connectivity index (χ1v) is 10.5. The van der Waals surface area contributed by atoms with Crippen LogP contribution in [0.15, 0.2) is 38.2 Å². The van der Waals surface area contributed by atoms with Crippen LogP contribution in [0.5, 0.6) is 5.75 Å². The number of ether oxygens (including phenoxy) is 1. The zero-order valence-corrected chi connectivity index (χ0v) is 16.6. The summed E-state index contributed by atoms with van der Waals surface area (Å²) in [5, 5.41) is 7.69. The van der Waals surface area contributed by atoms with E-state index in [9.17, 15) is 12.8 Å². The molecule has 1 aromatic carbocycles. The maximum Gasteiger partial charge on any atom is 0.264 e. The lowest BCUT2D eigenvalue weighted by atomic mass is 10.2. The van der Waals surface area contributed by atoms with Gasteiger partial charge in [-0.2, -0.15) is 9.29 Å². The summed E-state index contributed by atoms with van der Waals surface area (Å²) in [6.07, 6.45) is 1.24. The zero-order valence-electron chi connectivity index (χ0n) is 15.8. The van der Waals surface area contributed by atoms with Gasteiger partial charge in [-0.3, -0.25) is 0 Å². The van der Waals surface area contributed by atoms with Crippen molar-refractivity contribution >= 4 is 10.0 Å². The van der Waals surface area contributed by atoms with Crippen LogP contribution < -0.4 is 4.74 Å². The summed E-state index contributed by atoms with van der Waals surface area (Å²) in [6, 6.07) is 5.00. The summed E-state index contributed by atoms with van der Waals surface area (Å²) in [5.74, 6) is 0.809. The lowest BCUT2D eigenvalue weighted by Gasteiger charge is -2.21. The number of sulfonamides is 1. The smallest absolute Gasteiger partial charge is 0.264 e. The van der Waals surface area contributed by atoms with E-state index in [0.29, 0.717) is 30.8 Å². The number of aromatic nitrogens is 3. The van der Waals surface area contributed by atoms with Crippen LogP contribution in [-0.2, 0) is 16.6 Å². The molecule has 0 radical (unpaired) electrons. The van der Waals surface area contributed by atoms with Crippen LogP contribution in [0, 0.1) is 19.7 Å². The van der Waals surface area contributed by atoms with Gasteiger partial charge in [0.2, 0.25) is 10.0 Å². The van der Waals surface area contributed by atoms with E-state index in [1.807, 2.05) is 0 Å². The number of hydrogen-bond acceptors (Lipinski definition) is 8. The highest BCUT2D eigenvalue weighted by atomic mass is 32.2. The molecule has 29 heavy (non-hydrogen) atoms. The third-order valence-corrected chi connectivity index (χ3v) is 6.85. The molecule has 1 aliphatic heterocycles. The Bertz CT molecular complexity index is 1090. The minimum Gasteiger partial charge on any atom is -0.484 e. The van der Waals surface area contributed by atoms with Crippen molar-refractivity contribution in [2.24, 2.45) is 0 Å². The second-order valence-electron chi connectivity index (χ2n) is 6.72. The van der Waals surface area contributed by atoms with Gasteiger partial charge in [0.15, 0.2) is 18.2 Å². The number of rotatable bonds is 6. The maximum absolute atomic E-state index is 13.2. The fourth-order valence-corrected chi connectivity index (χ4v) is 5.33. The Hall–Kier alpha value is -2.79. The van der Waals surface area contributed by atoms with Crippen molar-refractivity contribution in [3.63, 3.8) is 0 Å². The highest BCUT2D eigenvalue weighted by molar-refractivity contribution is 7.89. The summed E-state index contributed by atoms with van der Waals surface area (Å²) in [7, 11) is -3.82. The van der Waals surface area contributed by atoms with E-state index in [-0.39, 0.29) is 34.8 Å². The lowest BCUT2D eigenvalue weighted by molar-refractivity contribution is 0.241. The minimum atomic E-state index is -3.82.